The van der Waals surface area contributed by atoms with Gasteiger partial charge in [-0.25, -0.2) is 0 Å². The van der Waals surface area contributed by atoms with Gasteiger partial charge in [-0.3, -0.25) is 14.6 Å². The lowest BCUT2D eigenvalue weighted by atomic mass is 10.1. The number of ether oxygens (including phenoxy) is 2. The van der Waals surface area contributed by atoms with Crippen LogP contribution in [0.4, 0.5) is 5.69 Å². The number of nitrogens with zero attached hydrogens (tertiary/aromatic N) is 3. The molecule has 5 rings (SSSR count). The Balaban J connectivity index is 1.48. The maximum atomic E-state index is 13.4. The lowest BCUT2D eigenvalue weighted by Gasteiger charge is -2.14. The van der Waals surface area contributed by atoms with Gasteiger partial charge >= 0.3 is 0 Å². The summed E-state index contributed by atoms with van der Waals surface area (Å²) in [6, 6.07) is 24.8. The third kappa shape index (κ3) is 4.65. The van der Waals surface area contributed by atoms with Crippen molar-refractivity contribution in [3.8, 4) is 17.2 Å². The minimum atomic E-state index is -0.459. The number of benzene rings is 3. The third-order valence-corrected chi connectivity index (χ3v) is 5.56. The SMILES string of the molecule is COc1ccc(NC(=O)c2nn(-c3ccccc3)c(=O)c3ccccc23)cc1OCc1cccnc1. The highest BCUT2D eigenvalue weighted by Gasteiger charge is 2.18. The Morgan fingerprint density at radius 1 is 0.917 bits per heavy atom. The quantitative estimate of drug-likeness (QED) is 0.367. The van der Waals surface area contributed by atoms with Gasteiger partial charge in [0.1, 0.15) is 6.61 Å². The maximum absolute atomic E-state index is 13.4. The van der Waals surface area contributed by atoms with E-state index in [1.165, 1.54) is 4.68 Å². The van der Waals surface area contributed by atoms with Crippen LogP contribution in [0.2, 0.25) is 0 Å². The number of para-hydroxylation sites is 1. The van der Waals surface area contributed by atoms with Crippen LogP contribution in [-0.4, -0.2) is 27.8 Å². The summed E-state index contributed by atoms with van der Waals surface area (Å²) in [6.45, 7) is 0.288. The molecule has 0 radical (unpaired) electrons. The molecule has 5 aromatic rings. The summed E-state index contributed by atoms with van der Waals surface area (Å²) in [6.07, 6.45) is 3.41. The van der Waals surface area contributed by atoms with Crippen LogP contribution in [0.5, 0.6) is 11.5 Å². The number of hydrogen-bond acceptors (Lipinski definition) is 6. The van der Waals surface area contributed by atoms with E-state index in [4.69, 9.17) is 9.47 Å². The summed E-state index contributed by atoms with van der Waals surface area (Å²) in [5.41, 5.74) is 1.78. The number of aromatic nitrogens is 3. The number of amides is 1. The number of hydrogen-bond donors (Lipinski definition) is 1. The molecule has 8 nitrogen and oxygen atoms in total. The van der Waals surface area contributed by atoms with Gasteiger partial charge in [0, 0.05) is 35.1 Å². The molecule has 0 unspecified atom stereocenters. The Labute approximate surface area is 206 Å². The first-order valence-corrected chi connectivity index (χ1v) is 11.2. The number of carbonyl (C=O) groups excluding carboxylic acids is 1. The normalized spacial score (nSPS) is 10.7. The molecular formula is C28H22N4O4. The van der Waals surface area contributed by atoms with Crippen molar-refractivity contribution in [3.63, 3.8) is 0 Å². The monoisotopic (exact) mass is 478 g/mol. The molecule has 1 N–H and O–H groups in total. The first kappa shape index (κ1) is 22.8. The van der Waals surface area contributed by atoms with Crippen molar-refractivity contribution in [2.24, 2.45) is 0 Å². The number of methoxy groups -OCH3 is 1. The van der Waals surface area contributed by atoms with E-state index in [0.717, 1.165) is 5.56 Å². The lowest BCUT2D eigenvalue weighted by molar-refractivity contribution is 0.102. The lowest BCUT2D eigenvalue weighted by Crippen LogP contribution is -2.26. The van der Waals surface area contributed by atoms with E-state index in [-0.39, 0.29) is 17.9 Å². The highest BCUT2D eigenvalue weighted by Crippen LogP contribution is 2.31. The Morgan fingerprint density at radius 2 is 1.69 bits per heavy atom. The first-order chi connectivity index (χ1) is 17.6. The number of rotatable bonds is 7. The minimum Gasteiger partial charge on any atom is -0.493 e. The third-order valence-electron chi connectivity index (χ3n) is 5.56. The molecule has 1 amide bonds. The molecule has 0 aliphatic heterocycles. The summed E-state index contributed by atoms with van der Waals surface area (Å²) in [7, 11) is 1.55. The van der Waals surface area contributed by atoms with Crippen LogP contribution in [-0.2, 0) is 6.61 Å². The van der Waals surface area contributed by atoms with Gasteiger partial charge in [0.2, 0.25) is 0 Å². The van der Waals surface area contributed by atoms with Crippen molar-refractivity contribution in [3.05, 3.63) is 119 Å². The average Bonchev–Trinajstić information content (AvgIpc) is 2.93. The van der Waals surface area contributed by atoms with Crippen molar-refractivity contribution >= 4 is 22.4 Å². The second-order valence-corrected chi connectivity index (χ2v) is 7.92. The van der Waals surface area contributed by atoms with E-state index < -0.39 is 5.91 Å². The summed E-state index contributed by atoms with van der Waals surface area (Å²) < 4.78 is 12.6. The molecule has 0 spiro atoms. The fourth-order valence-corrected chi connectivity index (χ4v) is 3.80. The van der Waals surface area contributed by atoms with Crippen molar-refractivity contribution in [2.45, 2.75) is 6.61 Å². The number of pyridine rings is 1. The fourth-order valence-electron chi connectivity index (χ4n) is 3.80. The molecule has 178 valence electrons. The zero-order chi connectivity index (χ0) is 24.9. The number of carbonyl (C=O) groups is 1. The number of anilines is 1. The van der Waals surface area contributed by atoms with Crippen LogP contribution in [0.15, 0.2) is 102 Å². The molecule has 0 saturated carbocycles. The molecule has 0 aliphatic rings. The first-order valence-electron chi connectivity index (χ1n) is 11.2. The molecule has 8 heteroatoms. The van der Waals surface area contributed by atoms with Crippen LogP contribution in [0, 0.1) is 0 Å². The molecule has 3 aromatic carbocycles. The van der Waals surface area contributed by atoms with Crippen LogP contribution in [0.25, 0.3) is 16.5 Å². The highest BCUT2D eigenvalue weighted by molar-refractivity contribution is 6.11. The fraction of sp³-hybridized carbons (Fsp3) is 0.0714. The van der Waals surface area contributed by atoms with Crippen molar-refractivity contribution in [2.75, 3.05) is 12.4 Å². The molecule has 2 aromatic heterocycles. The Hall–Kier alpha value is -4.98. The Morgan fingerprint density at radius 3 is 2.44 bits per heavy atom. The van der Waals surface area contributed by atoms with Crippen LogP contribution in [0.1, 0.15) is 16.1 Å². The second-order valence-electron chi connectivity index (χ2n) is 7.92. The van der Waals surface area contributed by atoms with E-state index >= 15 is 0 Å². The van der Waals surface area contributed by atoms with Gasteiger partial charge in [0.25, 0.3) is 11.5 Å². The average molecular weight is 479 g/mol. The van der Waals surface area contributed by atoms with Gasteiger partial charge in [-0.15, -0.1) is 0 Å². The van der Waals surface area contributed by atoms with Gasteiger partial charge in [-0.1, -0.05) is 42.5 Å². The van der Waals surface area contributed by atoms with E-state index in [2.05, 4.69) is 15.4 Å². The summed E-state index contributed by atoms with van der Waals surface area (Å²) in [4.78, 5) is 30.6. The van der Waals surface area contributed by atoms with Gasteiger partial charge in [-0.05, 0) is 36.4 Å². The smallest absolute Gasteiger partial charge is 0.279 e. The summed E-state index contributed by atoms with van der Waals surface area (Å²) >= 11 is 0. The highest BCUT2D eigenvalue weighted by atomic mass is 16.5. The van der Waals surface area contributed by atoms with Crippen LogP contribution < -0.4 is 20.3 Å². The van der Waals surface area contributed by atoms with E-state index in [1.54, 1.807) is 74.1 Å². The predicted molar refractivity (Wildman–Crippen MR) is 137 cm³/mol. The van der Waals surface area contributed by atoms with Crippen molar-refractivity contribution < 1.29 is 14.3 Å². The molecule has 0 saturated heterocycles. The molecular weight excluding hydrogens is 456 g/mol. The van der Waals surface area contributed by atoms with Crippen LogP contribution >= 0.6 is 0 Å². The predicted octanol–water partition coefficient (Wildman–Crippen LogP) is 4.62. The zero-order valence-corrected chi connectivity index (χ0v) is 19.4. The van der Waals surface area contributed by atoms with E-state index in [0.29, 0.717) is 33.6 Å². The van der Waals surface area contributed by atoms with Gasteiger partial charge in [0.15, 0.2) is 17.2 Å². The Bertz CT molecular complexity index is 1580. The number of nitrogens with one attached hydrogen (secondary N) is 1. The molecule has 0 atom stereocenters. The molecule has 0 fully saturated rings. The molecule has 2 heterocycles. The summed E-state index contributed by atoms with van der Waals surface area (Å²) in [5.74, 6) is 0.531. The minimum absolute atomic E-state index is 0.127. The van der Waals surface area contributed by atoms with E-state index in [9.17, 15) is 9.59 Å². The van der Waals surface area contributed by atoms with Gasteiger partial charge in [0.05, 0.1) is 18.2 Å². The second kappa shape index (κ2) is 10.1. The van der Waals surface area contributed by atoms with Gasteiger partial charge < -0.3 is 14.8 Å². The largest absolute Gasteiger partial charge is 0.493 e. The molecule has 0 aliphatic carbocycles. The molecule has 0 bridgehead atoms. The maximum Gasteiger partial charge on any atom is 0.279 e. The van der Waals surface area contributed by atoms with E-state index in [1.807, 2.05) is 30.3 Å². The van der Waals surface area contributed by atoms with Crippen molar-refractivity contribution in [1.82, 2.24) is 14.8 Å². The summed E-state index contributed by atoms with van der Waals surface area (Å²) in [5, 5.41) is 8.17. The van der Waals surface area contributed by atoms with Crippen LogP contribution in [0.3, 0.4) is 0 Å². The standard InChI is InChI=1S/C28H22N4O4/c1-35-24-14-13-20(16-25(24)36-18-19-8-7-15-29-17-19)30-27(33)26-22-11-5-6-12-23(22)28(34)32(31-26)21-9-3-2-4-10-21/h2-17H,18H2,1H3,(H,30,33). The van der Waals surface area contributed by atoms with Gasteiger partial charge in [-0.2, -0.15) is 9.78 Å². The Kier molecular flexibility index (Phi) is 6.40. The number of fused-ring (bicyclic) bond motifs is 1. The van der Waals surface area contributed by atoms with Crippen molar-refractivity contribution in [1.29, 1.82) is 0 Å². The molecule has 36 heavy (non-hydrogen) atoms. The zero-order valence-electron chi connectivity index (χ0n) is 19.4. The topological polar surface area (TPSA) is 95.3 Å².